The summed E-state index contributed by atoms with van der Waals surface area (Å²) in [4.78, 5) is 0. The Morgan fingerprint density at radius 2 is 1.47 bits per heavy atom. The highest BCUT2D eigenvalue weighted by molar-refractivity contribution is 9.10. The highest BCUT2D eigenvalue weighted by atomic mass is 79.9. The summed E-state index contributed by atoms with van der Waals surface area (Å²) >= 11 is 3.45. The number of hydrogen-bond acceptors (Lipinski definition) is 1. The molecule has 2 heteroatoms. The van der Waals surface area contributed by atoms with E-state index in [4.69, 9.17) is 5.73 Å². The summed E-state index contributed by atoms with van der Waals surface area (Å²) in [6, 6.07) is 17.0. The topological polar surface area (TPSA) is 26.0 Å². The van der Waals surface area contributed by atoms with Gasteiger partial charge in [-0.2, -0.15) is 0 Å². The van der Waals surface area contributed by atoms with E-state index < -0.39 is 0 Å². The van der Waals surface area contributed by atoms with Crippen LogP contribution in [-0.2, 0) is 18.4 Å². The zero-order chi connectivity index (χ0) is 13.9. The van der Waals surface area contributed by atoms with E-state index in [1.807, 2.05) is 0 Å². The van der Waals surface area contributed by atoms with Crippen LogP contribution >= 0.6 is 15.9 Å². The van der Waals surface area contributed by atoms with E-state index >= 15 is 0 Å². The second-order valence-electron chi connectivity index (χ2n) is 5.27. The molecule has 1 unspecified atom stereocenters. The molecule has 0 spiro atoms. The molecule has 0 aliphatic heterocycles. The molecule has 1 atom stereocenters. The van der Waals surface area contributed by atoms with Gasteiger partial charge in [-0.25, -0.2) is 0 Å². The zero-order valence-electron chi connectivity index (χ0n) is 11.5. The van der Waals surface area contributed by atoms with Crippen molar-refractivity contribution in [2.75, 3.05) is 0 Å². The van der Waals surface area contributed by atoms with Gasteiger partial charge in [0, 0.05) is 10.0 Å². The van der Waals surface area contributed by atoms with Crippen LogP contribution in [0.2, 0.25) is 0 Å². The Morgan fingerprint density at radius 3 is 2.00 bits per heavy atom. The number of rotatable bonds is 4. The third kappa shape index (κ3) is 3.68. The van der Waals surface area contributed by atoms with Crippen molar-refractivity contribution in [2.45, 2.75) is 32.2 Å². The maximum absolute atomic E-state index is 6.49. The van der Waals surface area contributed by atoms with Gasteiger partial charge in [0.25, 0.3) is 0 Å². The molecule has 2 N–H and O–H groups in total. The van der Waals surface area contributed by atoms with Crippen LogP contribution in [0.25, 0.3) is 0 Å². The van der Waals surface area contributed by atoms with Crippen LogP contribution in [0.4, 0.5) is 0 Å². The molecule has 0 saturated heterocycles. The average Bonchev–Trinajstić information content (AvgIpc) is 2.41. The molecule has 0 aliphatic rings. The predicted molar refractivity (Wildman–Crippen MR) is 85.2 cm³/mol. The summed E-state index contributed by atoms with van der Waals surface area (Å²) in [6.45, 7) is 4.26. The van der Waals surface area contributed by atoms with E-state index in [0.29, 0.717) is 0 Å². The lowest BCUT2D eigenvalue weighted by Gasteiger charge is -2.25. The third-order valence-corrected chi connectivity index (χ3v) is 4.03. The molecule has 19 heavy (non-hydrogen) atoms. The molecule has 0 fully saturated rings. The predicted octanol–water partition coefficient (Wildman–Crippen LogP) is 4.43. The SMILES string of the molecule is CCc1ccc(C(C)(N)Cc2ccc(Br)cc2)cc1. The van der Waals surface area contributed by atoms with Gasteiger partial charge in [0.1, 0.15) is 0 Å². The Bertz CT molecular complexity index is 526. The summed E-state index contributed by atoms with van der Waals surface area (Å²) < 4.78 is 1.10. The van der Waals surface area contributed by atoms with Crippen molar-refractivity contribution in [3.05, 3.63) is 69.7 Å². The summed E-state index contributed by atoms with van der Waals surface area (Å²) in [5.41, 5.74) is 9.95. The molecule has 100 valence electrons. The van der Waals surface area contributed by atoms with Gasteiger partial charge in [0.15, 0.2) is 0 Å². The molecule has 0 saturated carbocycles. The first-order chi connectivity index (χ1) is 9.01. The van der Waals surface area contributed by atoms with Gasteiger partial charge < -0.3 is 5.73 Å². The molecular formula is C17H20BrN. The third-order valence-electron chi connectivity index (χ3n) is 3.51. The highest BCUT2D eigenvalue weighted by Gasteiger charge is 2.21. The lowest BCUT2D eigenvalue weighted by Crippen LogP contribution is -2.35. The Kier molecular flexibility index (Phi) is 4.43. The molecule has 0 aliphatic carbocycles. The first-order valence-corrected chi connectivity index (χ1v) is 7.43. The maximum atomic E-state index is 6.49. The Hall–Kier alpha value is -1.12. The second kappa shape index (κ2) is 5.89. The summed E-state index contributed by atoms with van der Waals surface area (Å²) in [7, 11) is 0. The Labute approximate surface area is 124 Å². The van der Waals surface area contributed by atoms with Gasteiger partial charge in [0.2, 0.25) is 0 Å². The Balaban J connectivity index is 2.18. The van der Waals surface area contributed by atoms with Gasteiger partial charge in [0.05, 0.1) is 0 Å². The van der Waals surface area contributed by atoms with Crippen molar-refractivity contribution in [1.29, 1.82) is 0 Å². The van der Waals surface area contributed by atoms with Gasteiger partial charge in [-0.05, 0) is 48.6 Å². The van der Waals surface area contributed by atoms with Gasteiger partial charge >= 0.3 is 0 Å². The van der Waals surface area contributed by atoms with E-state index in [9.17, 15) is 0 Å². The second-order valence-corrected chi connectivity index (χ2v) is 6.19. The number of benzene rings is 2. The number of nitrogens with two attached hydrogens (primary N) is 1. The van der Waals surface area contributed by atoms with Gasteiger partial charge in [-0.3, -0.25) is 0 Å². The fourth-order valence-electron chi connectivity index (χ4n) is 2.25. The quantitative estimate of drug-likeness (QED) is 0.887. The van der Waals surface area contributed by atoms with Crippen molar-refractivity contribution in [3.63, 3.8) is 0 Å². The molecule has 2 aromatic rings. The highest BCUT2D eigenvalue weighted by Crippen LogP contribution is 2.24. The fourth-order valence-corrected chi connectivity index (χ4v) is 2.51. The molecule has 0 radical (unpaired) electrons. The molecule has 0 aromatic heterocycles. The van der Waals surface area contributed by atoms with Crippen molar-refractivity contribution in [3.8, 4) is 0 Å². The fraction of sp³-hybridized carbons (Fsp3) is 0.294. The van der Waals surface area contributed by atoms with E-state index in [1.54, 1.807) is 0 Å². The van der Waals surface area contributed by atoms with Crippen LogP contribution in [0.1, 0.15) is 30.5 Å². The maximum Gasteiger partial charge on any atom is 0.0421 e. The van der Waals surface area contributed by atoms with E-state index in [1.165, 1.54) is 16.7 Å². The molecule has 0 amide bonds. The van der Waals surface area contributed by atoms with E-state index in [0.717, 1.165) is 17.3 Å². The smallest absolute Gasteiger partial charge is 0.0421 e. The number of hydrogen-bond donors (Lipinski definition) is 1. The van der Waals surface area contributed by atoms with E-state index in [2.05, 4.69) is 78.3 Å². The molecule has 1 nitrogen and oxygen atoms in total. The van der Waals surface area contributed by atoms with Crippen LogP contribution in [0.3, 0.4) is 0 Å². The van der Waals surface area contributed by atoms with Crippen molar-refractivity contribution in [1.82, 2.24) is 0 Å². The normalized spacial score (nSPS) is 14.1. The number of halogens is 1. The molecule has 0 bridgehead atoms. The van der Waals surface area contributed by atoms with Crippen LogP contribution in [0, 0.1) is 0 Å². The van der Waals surface area contributed by atoms with E-state index in [-0.39, 0.29) is 5.54 Å². The minimum absolute atomic E-state index is 0.333. The summed E-state index contributed by atoms with van der Waals surface area (Å²) in [5, 5.41) is 0. The molecule has 2 rings (SSSR count). The van der Waals surface area contributed by atoms with Crippen molar-refractivity contribution >= 4 is 15.9 Å². The van der Waals surface area contributed by atoms with Crippen molar-refractivity contribution in [2.24, 2.45) is 5.73 Å². The molecular weight excluding hydrogens is 298 g/mol. The van der Waals surface area contributed by atoms with Crippen LogP contribution in [-0.4, -0.2) is 0 Å². The van der Waals surface area contributed by atoms with Gasteiger partial charge in [-0.15, -0.1) is 0 Å². The zero-order valence-corrected chi connectivity index (χ0v) is 13.1. The van der Waals surface area contributed by atoms with Crippen LogP contribution < -0.4 is 5.73 Å². The summed E-state index contributed by atoms with van der Waals surface area (Å²) in [6.07, 6.45) is 1.90. The average molecular weight is 318 g/mol. The first kappa shape index (κ1) is 14.3. The lowest BCUT2D eigenvalue weighted by molar-refractivity contribution is 0.491. The Morgan fingerprint density at radius 1 is 0.947 bits per heavy atom. The summed E-state index contributed by atoms with van der Waals surface area (Å²) in [5.74, 6) is 0. The lowest BCUT2D eigenvalue weighted by atomic mass is 9.86. The largest absolute Gasteiger partial charge is 0.321 e. The minimum Gasteiger partial charge on any atom is -0.321 e. The van der Waals surface area contributed by atoms with Crippen LogP contribution in [0.15, 0.2) is 53.0 Å². The van der Waals surface area contributed by atoms with Crippen LogP contribution in [0.5, 0.6) is 0 Å². The minimum atomic E-state index is -0.333. The standard InChI is InChI=1S/C17H20BrN/c1-3-13-4-8-15(9-5-13)17(2,19)12-14-6-10-16(18)11-7-14/h4-11H,3,12,19H2,1-2H3. The first-order valence-electron chi connectivity index (χ1n) is 6.64. The number of aryl methyl sites for hydroxylation is 1. The molecule has 2 aromatic carbocycles. The monoisotopic (exact) mass is 317 g/mol. The van der Waals surface area contributed by atoms with Gasteiger partial charge in [-0.1, -0.05) is 59.3 Å². The molecule has 0 heterocycles. The van der Waals surface area contributed by atoms with Crippen molar-refractivity contribution < 1.29 is 0 Å².